The van der Waals surface area contributed by atoms with Gasteiger partial charge in [-0.15, -0.1) is 0 Å². The van der Waals surface area contributed by atoms with Crippen LogP contribution in [0.3, 0.4) is 0 Å². The molecular formula is C60H101N3O45. The molecule has 108 heavy (non-hydrogen) atoms. The highest BCUT2D eigenvalue weighted by atomic mass is 16.8. The summed E-state index contributed by atoms with van der Waals surface area (Å²) in [5, 5.41) is 282. The van der Waals surface area contributed by atoms with Crippen LogP contribution < -0.4 is 16.0 Å². The van der Waals surface area contributed by atoms with E-state index in [1.807, 2.05) is 0 Å². The average molecular weight is 1580 g/mol. The SMILES string of the molecule is CC(=O)N[C@H]1[C@H](O[C@H]2[C@@H](O)[C@@H](CO[C@@H]3O[C@H](CO)[C@@H](O[C@@H]4O[C@H](CO)[C@H](O)[C@H](O[C@@H]5O[C@H](CO)[C@@H](O)[C@H](O[C@@H]6O[C@H](CO)[C@H](O)[C@H](O)[C@H]6O)[C@H]5NC(C)=O)[C@H]4O)[C@H](O[C@@H]4O[C@@H](C)[C@@H](O)[C@@H](O)[C@@H]4O)[C@H]3NC(C)=O)O[C@@H](O[C@H]3[C@H](O)[C@@H](O)C(O)O[C@@H]3CO)[C@@H]2O)O[C@H](CO)[C@@H](O[C@@H]2O[C@H](CO)[C@H](O)[C@H](O)[C@H]2O)[C@@H]1O. The standard InChI is InChI=1S/C60H101N3O45/c1-13-28(74)35(81)40(86)56(93-13)106-49-27(63-16(4)73)53(99-23(11-70)47(49)104-59-43(89)50(32(78)20(8-67)98-59)108-55-26(62-15(3)72)48(31(77)19(7-66)95-55)105-58-42(88)37(83)30(76)18(6-65)97-58)92-12-24-33(79)51(44(90)60(101-24)103-46-21(9-68)94-52(91)39(85)38(46)84)107-54-25(61-14(2)71)34(80)45(22(10-69)100-54)102-57-41(87)36(82)29(75)17(5-64)96-57/h13,17-60,64-70,74-91H,5-12H2,1-4H3,(H,61,71)(H,62,72)(H,63,73)/t13-,17+,18+,19+,20+,21+,22+,23+,24+,25+,26+,27+,28+,29-,30-,31+,32-,33-,34+,35+,36-,37-,38+,39+,40-,41+,42+,43+,44+,45+,46+,47+,48+,49+,50-,51-,52?,53+,54-,55-,56-,57-,58-,59-,60-/m0/s1. The predicted molar refractivity (Wildman–Crippen MR) is 330 cm³/mol. The van der Waals surface area contributed by atoms with Crippen molar-refractivity contribution in [2.75, 3.05) is 52.9 Å². The molecule has 28 N–H and O–H groups in total. The molecule has 9 fully saturated rings. The van der Waals surface area contributed by atoms with Crippen molar-refractivity contribution >= 4 is 17.7 Å². The Kier molecular flexibility index (Phi) is 31.6. The first-order valence-corrected chi connectivity index (χ1v) is 34.5. The molecule has 0 aromatic rings. The van der Waals surface area contributed by atoms with Gasteiger partial charge in [0.05, 0.1) is 59.0 Å². The quantitative estimate of drug-likeness (QED) is 0.0363. The first kappa shape index (κ1) is 88.7. The maximum atomic E-state index is 13.5. The first-order chi connectivity index (χ1) is 51.1. The first-order valence-electron chi connectivity index (χ1n) is 34.5. The number of rotatable bonds is 27. The van der Waals surface area contributed by atoms with E-state index in [1.165, 1.54) is 6.92 Å². The van der Waals surface area contributed by atoms with Gasteiger partial charge in [0.15, 0.2) is 56.6 Å². The largest absolute Gasteiger partial charge is 0.394 e. The van der Waals surface area contributed by atoms with Crippen molar-refractivity contribution in [1.82, 2.24) is 16.0 Å². The monoisotopic (exact) mass is 1580 g/mol. The molecule has 45 atom stereocenters. The summed E-state index contributed by atoms with van der Waals surface area (Å²) in [5.41, 5.74) is 0. The number of carbonyl (C=O) groups excluding carboxylic acids is 3. The van der Waals surface area contributed by atoms with E-state index < -0.39 is 347 Å². The second kappa shape index (κ2) is 38.5. The van der Waals surface area contributed by atoms with Gasteiger partial charge in [0.25, 0.3) is 0 Å². The fourth-order valence-corrected chi connectivity index (χ4v) is 14.0. The highest BCUT2D eigenvalue weighted by Gasteiger charge is 2.61. The number of carbonyl (C=O) groups is 3. The number of ether oxygens (including phenoxy) is 17. The molecule has 0 spiro atoms. The Balaban J connectivity index is 1.03. The van der Waals surface area contributed by atoms with Gasteiger partial charge in [-0.25, -0.2) is 0 Å². The van der Waals surface area contributed by atoms with Crippen molar-refractivity contribution in [2.24, 2.45) is 0 Å². The molecular weight excluding hydrogens is 1480 g/mol. The minimum absolute atomic E-state index is 0.913. The lowest BCUT2D eigenvalue weighted by Crippen LogP contribution is -2.71. The Hall–Kier alpha value is -3.27. The lowest BCUT2D eigenvalue weighted by Gasteiger charge is -2.51. The van der Waals surface area contributed by atoms with Crippen molar-refractivity contribution < 1.29 is 223 Å². The molecule has 9 heterocycles. The predicted octanol–water partition coefficient (Wildman–Crippen LogP) is -19.2. The zero-order valence-electron chi connectivity index (χ0n) is 58.0. The number of nitrogens with one attached hydrogen (secondary N) is 3. The molecule has 9 aliphatic rings. The fourth-order valence-electron chi connectivity index (χ4n) is 14.0. The summed E-state index contributed by atoms with van der Waals surface area (Å²) >= 11 is 0. The summed E-state index contributed by atoms with van der Waals surface area (Å²) in [5.74, 6) is -2.84. The van der Waals surface area contributed by atoms with Crippen molar-refractivity contribution in [3.05, 3.63) is 0 Å². The van der Waals surface area contributed by atoms with Crippen LogP contribution in [0.5, 0.6) is 0 Å². The van der Waals surface area contributed by atoms with E-state index in [2.05, 4.69) is 16.0 Å². The highest BCUT2D eigenvalue weighted by molar-refractivity contribution is 5.74. The molecule has 9 rings (SSSR count). The number of aliphatic hydroxyl groups excluding tert-OH is 25. The summed E-state index contributed by atoms with van der Waals surface area (Å²) in [6.07, 6.45) is -85.5. The van der Waals surface area contributed by atoms with Gasteiger partial charge in [0.2, 0.25) is 17.7 Å². The zero-order chi connectivity index (χ0) is 79.5. The van der Waals surface area contributed by atoms with E-state index in [1.54, 1.807) is 0 Å². The van der Waals surface area contributed by atoms with Gasteiger partial charge in [-0.2, -0.15) is 0 Å². The normalized spacial score (nSPS) is 50.4. The number of hydrogen-bond donors (Lipinski definition) is 28. The molecule has 48 nitrogen and oxygen atoms in total. The van der Waals surface area contributed by atoms with Gasteiger partial charge in [-0.05, 0) is 6.92 Å². The molecule has 0 radical (unpaired) electrons. The van der Waals surface area contributed by atoms with Crippen LogP contribution in [0, 0.1) is 0 Å². The van der Waals surface area contributed by atoms with Crippen LogP contribution in [0.25, 0.3) is 0 Å². The maximum absolute atomic E-state index is 13.5. The maximum Gasteiger partial charge on any atom is 0.217 e. The van der Waals surface area contributed by atoms with Gasteiger partial charge in [-0.1, -0.05) is 0 Å². The second-order valence-corrected chi connectivity index (χ2v) is 27.4. The Morgan fingerprint density at radius 2 is 0.565 bits per heavy atom. The van der Waals surface area contributed by atoms with Gasteiger partial charge in [0.1, 0.15) is 213 Å². The molecule has 626 valence electrons. The van der Waals surface area contributed by atoms with Crippen LogP contribution >= 0.6 is 0 Å². The van der Waals surface area contributed by atoms with Crippen LogP contribution in [0.4, 0.5) is 0 Å². The third-order valence-electron chi connectivity index (χ3n) is 19.9. The topological polar surface area (TPSA) is 750 Å². The fraction of sp³-hybridized carbons (Fsp3) is 0.950. The number of hydrogen-bond acceptors (Lipinski definition) is 45. The minimum atomic E-state index is -2.42. The van der Waals surface area contributed by atoms with Crippen molar-refractivity contribution in [2.45, 2.75) is 304 Å². The van der Waals surface area contributed by atoms with E-state index in [0.717, 1.165) is 20.8 Å². The Morgan fingerprint density at radius 3 is 1.04 bits per heavy atom. The Labute approximate surface area is 611 Å². The summed E-state index contributed by atoms with van der Waals surface area (Å²) in [7, 11) is 0. The summed E-state index contributed by atoms with van der Waals surface area (Å²) in [4.78, 5) is 39.3. The Bertz CT molecular complexity index is 2820. The smallest absolute Gasteiger partial charge is 0.217 e. The molecule has 0 aromatic carbocycles. The van der Waals surface area contributed by atoms with E-state index >= 15 is 0 Å². The lowest BCUT2D eigenvalue weighted by atomic mass is 9.93. The lowest BCUT2D eigenvalue weighted by molar-refractivity contribution is -0.391. The number of aliphatic hydroxyl groups is 25. The van der Waals surface area contributed by atoms with Crippen molar-refractivity contribution in [1.29, 1.82) is 0 Å². The molecule has 3 amide bonds. The molecule has 0 aromatic heterocycles. The van der Waals surface area contributed by atoms with Crippen molar-refractivity contribution in [3.63, 3.8) is 0 Å². The summed E-state index contributed by atoms with van der Waals surface area (Å²) < 4.78 is 101. The van der Waals surface area contributed by atoms with Crippen LogP contribution in [0.2, 0.25) is 0 Å². The van der Waals surface area contributed by atoms with Crippen LogP contribution in [-0.4, -0.2) is 474 Å². The van der Waals surface area contributed by atoms with Gasteiger partial charge >= 0.3 is 0 Å². The molecule has 48 heteroatoms. The van der Waals surface area contributed by atoms with Crippen LogP contribution in [0.15, 0.2) is 0 Å². The van der Waals surface area contributed by atoms with E-state index in [4.69, 9.17) is 80.5 Å². The van der Waals surface area contributed by atoms with Gasteiger partial charge in [0, 0.05) is 20.8 Å². The third-order valence-corrected chi connectivity index (χ3v) is 19.9. The van der Waals surface area contributed by atoms with Crippen molar-refractivity contribution in [3.8, 4) is 0 Å². The molecule has 0 bridgehead atoms. The summed E-state index contributed by atoms with van der Waals surface area (Å²) in [6, 6.07) is -5.74. The minimum Gasteiger partial charge on any atom is -0.394 e. The van der Waals surface area contributed by atoms with Crippen LogP contribution in [-0.2, 0) is 94.9 Å². The molecule has 0 aliphatic carbocycles. The average Bonchev–Trinajstić information content (AvgIpc) is 0.767. The number of amides is 3. The third kappa shape index (κ3) is 19.1. The van der Waals surface area contributed by atoms with E-state index in [9.17, 15) is 142 Å². The van der Waals surface area contributed by atoms with Gasteiger partial charge in [-0.3, -0.25) is 14.4 Å². The van der Waals surface area contributed by atoms with E-state index in [-0.39, 0.29) is 0 Å². The Morgan fingerprint density at radius 1 is 0.259 bits per heavy atom. The summed E-state index contributed by atoms with van der Waals surface area (Å²) in [6.45, 7) is -4.59. The molecule has 0 saturated carbocycles. The second-order valence-electron chi connectivity index (χ2n) is 27.4. The zero-order valence-corrected chi connectivity index (χ0v) is 58.0. The van der Waals surface area contributed by atoms with Crippen LogP contribution in [0.1, 0.15) is 27.7 Å². The molecule has 9 saturated heterocycles. The van der Waals surface area contributed by atoms with Gasteiger partial charge < -0.3 is 224 Å². The molecule has 9 aliphatic heterocycles. The molecule has 1 unspecified atom stereocenters. The highest BCUT2D eigenvalue weighted by Crippen LogP contribution is 2.40. The van der Waals surface area contributed by atoms with E-state index in [0.29, 0.717) is 0 Å².